The number of benzene rings is 1. The fourth-order valence-electron chi connectivity index (χ4n) is 1.65. The third-order valence-electron chi connectivity index (χ3n) is 2.51. The second-order valence-corrected chi connectivity index (χ2v) is 5.93. The SMILES string of the molecule is O=C1N=C(c2ccccc2)S/C1=C\c1ccc(I)o1. The molecule has 0 aliphatic carbocycles. The third-order valence-corrected chi connectivity index (χ3v) is 4.12. The molecule has 0 spiro atoms. The van der Waals surface area contributed by atoms with Gasteiger partial charge in [0.1, 0.15) is 10.8 Å². The van der Waals surface area contributed by atoms with Crippen molar-refractivity contribution in [2.24, 2.45) is 4.99 Å². The van der Waals surface area contributed by atoms with Crippen molar-refractivity contribution in [1.29, 1.82) is 0 Å². The molecule has 0 saturated heterocycles. The lowest BCUT2D eigenvalue weighted by Gasteiger charge is -1.97. The first kappa shape index (κ1) is 12.7. The minimum atomic E-state index is -0.213. The fourth-order valence-corrected chi connectivity index (χ4v) is 2.98. The lowest BCUT2D eigenvalue weighted by molar-refractivity contribution is -0.113. The fraction of sp³-hybridized carbons (Fsp3) is 0. The van der Waals surface area contributed by atoms with Crippen molar-refractivity contribution >= 4 is 51.4 Å². The van der Waals surface area contributed by atoms with Gasteiger partial charge in [-0.2, -0.15) is 0 Å². The summed E-state index contributed by atoms with van der Waals surface area (Å²) in [5, 5.41) is 0.734. The highest BCUT2D eigenvalue weighted by Crippen LogP contribution is 2.31. The quantitative estimate of drug-likeness (QED) is 0.585. The van der Waals surface area contributed by atoms with Gasteiger partial charge in [-0.3, -0.25) is 4.79 Å². The van der Waals surface area contributed by atoms with Crippen LogP contribution in [0.2, 0.25) is 0 Å². The van der Waals surface area contributed by atoms with E-state index in [9.17, 15) is 4.79 Å². The highest BCUT2D eigenvalue weighted by atomic mass is 127. The van der Waals surface area contributed by atoms with Gasteiger partial charge in [0.2, 0.25) is 0 Å². The van der Waals surface area contributed by atoms with Crippen LogP contribution in [0, 0.1) is 3.77 Å². The zero-order valence-corrected chi connectivity index (χ0v) is 12.6. The smallest absolute Gasteiger partial charge is 0.285 e. The van der Waals surface area contributed by atoms with E-state index in [2.05, 4.69) is 27.6 Å². The number of amides is 1. The van der Waals surface area contributed by atoms with Gasteiger partial charge in [-0.25, -0.2) is 4.99 Å². The predicted molar refractivity (Wildman–Crippen MR) is 85.0 cm³/mol. The Labute approximate surface area is 127 Å². The number of halogens is 1. The van der Waals surface area contributed by atoms with Gasteiger partial charge in [-0.05, 0) is 34.7 Å². The number of rotatable bonds is 2. The molecule has 0 bridgehead atoms. The number of hydrogen-bond donors (Lipinski definition) is 0. The molecular weight excluding hydrogens is 373 g/mol. The summed E-state index contributed by atoms with van der Waals surface area (Å²) < 4.78 is 6.22. The van der Waals surface area contributed by atoms with Gasteiger partial charge in [-0.1, -0.05) is 42.1 Å². The van der Waals surface area contributed by atoms with E-state index in [1.807, 2.05) is 42.5 Å². The topological polar surface area (TPSA) is 42.6 Å². The van der Waals surface area contributed by atoms with E-state index in [1.165, 1.54) is 11.8 Å². The van der Waals surface area contributed by atoms with Crippen LogP contribution >= 0.6 is 34.4 Å². The molecule has 0 saturated carbocycles. The van der Waals surface area contributed by atoms with Crippen molar-refractivity contribution in [3.63, 3.8) is 0 Å². The van der Waals surface area contributed by atoms with Crippen LogP contribution in [-0.2, 0) is 4.79 Å². The van der Waals surface area contributed by atoms with Crippen LogP contribution in [0.5, 0.6) is 0 Å². The Morgan fingerprint density at radius 3 is 2.63 bits per heavy atom. The summed E-state index contributed by atoms with van der Waals surface area (Å²) in [7, 11) is 0. The standard InChI is InChI=1S/C14H8INO2S/c15-12-7-6-10(18-12)8-11-13(17)16-14(19-11)9-4-2-1-3-5-9/h1-8H/b11-8-. The van der Waals surface area contributed by atoms with Crippen molar-refractivity contribution in [2.45, 2.75) is 0 Å². The maximum atomic E-state index is 11.8. The van der Waals surface area contributed by atoms with Gasteiger partial charge in [-0.15, -0.1) is 0 Å². The van der Waals surface area contributed by atoms with Crippen molar-refractivity contribution < 1.29 is 9.21 Å². The molecule has 5 heteroatoms. The summed E-state index contributed by atoms with van der Waals surface area (Å²) >= 11 is 3.46. The Morgan fingerprint density at radius 1 is 1.16 bits per heavy atom. The van der Waals surface area contributed by atoms with Crippen molar-refractivity contribution in [2.75, 3.05) is 0 Å². The average molecular weight is 381 g/mol. The Balaban J connectivity index is 1.86. The molecule has 0 unspecified atom stereocenters. The van der Waals surface area contributed by atoms with Gasteiger partial charge in [0, 0.05) is 11.6 Å². The Bertz CT molecular complexity index is 688. The predicted octanol–water partition coefficient (Wildman–Crippen LogP) is 3.95. The molecule has 2 aromatic rings. The molecule has 1 aliphatic rings. The Morgan fingerprint density at radius 2 is 1.95 bits per heavy atom. The minimum absolute atomic E-state index is 0.213. The maximum Gasteiger partial charge on any atom is 0.285 e. The number of carbonyl (C=O) groups is 1. The van der Waals surface area contributed by atoms with Crippen LogP contribution in [0.1, 0.15) is 11.3 Å². The van der Waals surface area contributed by atoms with Crippen molar-refractivity contribution in [3.05, 3.63) is 62.5 Å². The molecule has 1 aliphatic heterocycles. The van der Waals surface area contributed by atoms with Gasteiger partial charge in [0.05, 0.1) is 4.91 Å². The van der Waals surface area contributed by atoms with Crippen LogP contribution in [-0.4, -0.2) is 11.0 Å². The van der Waals surface area contributed by atoms with E-state index >= 15 is 0 Å². The summed E-state index contributed by atoms with van der Waals surface area (Å²) in [6, 6.07) is 13.4. The molecule has 0 atom stereocenters. The zero-order valence-electron chi connectivity index (χ0n) is 9.67. The molecule has 1 aromatic carbocycles. The van der Waals surface area contributed by atoms with Crippen LogP contribution in [0.25, 0.3) is 6.08 Å². The van der Waals surface area contributed by atoms with Crippen molar-refractivity contribution in [3.8, 4) is 0 Å². The highest BCUT2D eigenvalue weighted by molar-refractivity contribution is 14.1. The second-order valence-electron chi connectivity index (χ2n) is 3.84. The lowest BCUT2D eigenvalue weighted by atomic mass is 10.2. The Kier molecular flexibility index (Phi) is 3.56. The van der Waals surface area contributed by atoms with E-state index in [-0.39, 0.29) is 5.91 Å². The number of furan rings is 1. The monoisotopic (exact) mass is 381 g/mol. The van der Waals surface area contributed by atoms with E-state index in [4.69, 9.17) is 4.42 Å². The lowest BCUT2D eigenvalue weighted by Crippen LogP contribution is -1.89. The molecular formula is C14H8INO2S. The van der Waals surface area contributed by atoms with E-state index < -0.39 is 0 Å². The van der Waals surface area contributed by atoms with Gasteiger partial charge in [0.25, 0.3) is 5.91 Å². The molecule has 0 fully saturated rings. The summed E-state index contributed by atoms with van der Waals surface area (Å²) in [6.45, 7) is 0. The largest absolute Gasteiger partial charge is 0.451 e. The summed E-state index contributed by atoms with van der Waals surface area (Å²) in [5.74, 6) is 0.458. The molecule has 19 heavy (non-hydrogen) atoms. The van der Waals surface area contributed by atoms with Crippen LogP contribution in [0.4, 0.5) is 0 Å². The first-order valence-corrected chi connectivity index (χ1v) is 7.45. The van der Waals surface area contributed by atoms with E-state index in [0.717, 1.165) is 14.4 Å². The number of aliphatic imine (C=N–C) groups is 1. The molecule has 2 heterocycles. The van der Waals surface area contributed by atoms with E-state index in [1.54, 1.807) is 6.08 Å². The number of thioether (sulfide) groups is 1. The number of nitrogens with zero attached hydrogens (tertiary/aromatic N) is 1. The first-order valence-electron chi connectivity index (χ1n) is 5.56. The number of carbonyl (C=O) groups excluding carboxylic acids is 1. The maximum absolute atomic E-state index is 11.8. The molecule has 1 aromatic heterocycles. The molecule has 94 valence electrons. The van der Waals surface area contributed by atoms with Crippen LogP contribution < -0.4 is 0 Å². The number of hydrogen-bond acceptors (Lipinski definition) is 3. The summed E-state index contributed by atoms with van der Waals surface area (Å²) in [5.41, 5.74) is 0.957. The minimum Gasteiger partial charge on any atom is -0.451 e. The van der Waals surface area contributed by atoms with E-state index in [0.29, 0.717) is 10.7 Å². The molecule has 1 amide bonds. The highest BCUT2D eigenvalue weighted by Gasteiger charge is 2.23. The van der Waals surface area contributed by atoms with Gasteiger partial charge < -0.3 is 4.42 Å². The van der Waals surface area contributed by atoms with Gasteiger partial charge >= 0.3 is 0 Å². The molecule has 0 N–H and O–H groups in total. The molecule has 3 nitrogen and oxygen atoms in total. The first-order chi connectivity index (χ1) is 9.22. The Hall–Kier alpha value is -1.34. The molecule has 0 radical (unpaired) electrons. The summed E-state index contributed by atoms with van der Waals surface area (Å²) in [4.78, 5) is 16.5. The van der Waals surface area contributed by atoms with Gasteiger partial charge in [0.15, 0.2) is 3.77 Å². The normalized spacial score (nSPS) is 17.0. The summed E-state index contributed by atoms with van der Waals surface area (Å²) in [6.07, 6.45) is 1.73. The second kappa shape index (κ2) is 5.34. The van der Waals surface area contributed by atoms with Crippen molar-refractivity contribution in [1.82, 2.24) is 0 Å². The zero-order chi connectivity index (χ0) is 13.2. The molecule has 3 rings (SSSR count). The van der Waals surface area contributed by atoms with Crippen LogP contribution in [0.3, 0.4) is 0 Å². The average Bonchev–Trinajstić information content (AvgIpc) is 2.98. The third kappa shape index (κ3) is 2.82. The van der Waals surface area contributed by atoms with Crippen LogP contribution in [0.15, 0.2) is 56.8 Å².